The lowest BCUT2D eigenvalue weighted by atomic mass is 9.54. The maximum absolute atomic E-state index is 12.0. The zero-order chi connectivity index (χ0) is 13.0. The quantitative estimate of drug-likeness (QED) is 0.707. The summed E-state index contributed by atoms with van der Waals surface area (Å²) in [7, 11) is 2.23. The number of benzene rings is 1. The fraction of sp³-hybridized carbons (Fsp3) is 0.471. The van der Waals surface area contributed by atoms with Gasteiger partial charge < -0.3 is 4.90 Å². The number of carbonyl (C=O) groups is 1. The Bertz CT molecular complexity index is 576. The van der Waals surface area contributed by atoms with Crippen molar-refractivity contribution in [1.82, 2.24) is 4.90 Å². The number of piperidine rings is 1. The van der Waals surface area contributed by atoms with Gasteiger partial charge in [0.1, 0.15) is 0 Å². The number of likely N-dealkylation sites (tertiary alicyclic amines) is 1. The summed E-state index contributed by atoms with van der Waals surface area (Å²) in [6, 6.07) is 9.34. The van der Waals surface area contributed by atoms with Crippen molar-refractivity contribution in [3.63, 3.8) is 0 Å². The number of allylic oxidation sites excluding steroid dienone is 1. The maximum Gasteiger partial charge on any atom is 0.156 e. The number of carbonyl (C=O) groups excluding carboxylic acids is 1. The Morgan fingerprint density at radius 1 is 1.32 bits per heavy atom. The predicted molar refractivity (Wildman–Crippen MR) is 75.1 cm³/mol. The number of nitrogens with zero attached hydrogens (tertiary/aromatic N) is 1. The Hall–Kier alpha value is -1.41. The molecule has 2 heteroatoms. The molecule has 19 heavy (non-hydrogen) atoms. The topological polar surface area (TPSA) is 20.3 Å². The smallest absolute Gasteiger partial charge is 0.156 e. The second kappa shape index (κ2) is 3.80. The summed E-state index contributed by atoms with van der Waals surface area (Å²) >= 11 is 0. The Morgan fingerprint density at radius 3 is 3.05 bits per heavy atom. The van der Waals surface area contributed by atoms with E-state index in [9.17, 15) is 4.79 Å². The van der Waals surface area contributed by atoms with Crippen LogP contribution in [0.4, 0.5) is 0 Å². The number of likely N-dealkylation sites (N-methyl/N-ethyl adjacent to an activating group) is 1. The van der Waals surface area contributed by atoms with E-state index >= 15 is 0 Å². The number of hydrogen-bond acceptors (Lipinski definition) is 2. The molecule has 1 saturated heterocycles. The van der Waals surface area contributed by atoms with Crippen LogP contribution in [0.3, 0.4) is 0 Å². The standard InChI is InChI=1S/C17H19NO/c1-18-9-8-17-11-13(19)6-7-15(17)16(18)10-12-4-2-3-5-14(12)17/h2-7,15-16H,8-11H2,1H3/t15-,16+,17+/m0/s1. The van der Waals surface area contributed by atoms with Crippen molar-refractivity contribution < 1.29 is 4.79 Å². The minimum Gasteiger partial charge on any atom is -0.302 e. The molecule has 1 aromatic rings. The van der Waals surface area contributed by atoms with Gasteiger partial charge in [-0.15, -0.1) is 0 Å². The van der Waals surface area contributed by atoms with Gasteiger partial charge in [0.15, 0.2) is 5.78 Å². The van der Waals surface area contributed by atoms with E-state index in [-0.39, 0.29) is 5.41 Å². The van der Waals surface area contributed by atoms with Crippen molar-refractivity contribution in [3.05, 3.63) is 47.5 Å². The van der Waals surface area contributed by atoms with Crippen LogP contribution in [0.25, 0.3) is 0 Å². The van der Waals surface area contributed by atoms with Crippen LogP contribution in [-0.4, -0.2) is 30.3 Å². The van der Waals surface area contributed by atoms with Crippen LogP contribution in [0.2, 0.25) is 0 Å². The van der Waals surface area contributed by atoms with E-state index in [0.717, 1.165) is 19.4 Å². The SMILES string of the molecule is CN1CC[C@]23CC(=O)C=C[C@H]2[C@H]1Cc1ccccc13. The van der Waals surface area contributed by atoms with Gasteiger partial charge in [0, 0.05) is 23.8 Å². The first-order valence-electron chi connectivity index (χ1n) is 7.20. The molecular formula is C17H19NO. The molecule has 3 atom stereocenters. The van der Waals surface area contributed by atoms with E-state index in [4.69, 9.17) is 0 Å². The lowest BCUT2D eigenvalue weighted by Gasteiger charge is -2.56. The first-order chi connectivity index (χ1) is 9.21. The molecule has 2 nitrogen and oxygen atoms in total. The third-order valence-corrected chi connectivity index (χ3v) is 5.49. The van der Waals surface area contributed by atoms with Crippen molar-refractivity contribution in [3.8, 4) is 0 Å². The van der Waals surface area contributed by atoms with Crippen molar-refractivity contribution in [2.24, 2.45) is 5.92 Å². The van der Waals surface area contributed by atoms with Crippen LogP contribution < -0.4 is 0 Å². The van der Waals surface area contributed by atoms with Crippen molar-refractivity contribution in [2.45, 2.75) is 30.7 Å². The highest BCUT2D eigenvalue weighted by atomic mass is 16.1. The van der Waals surface area contributed by atoms with E-state index < -0.39 is 0 Å². The summed E-state index contributed by atoms with van der Waals surface area (Å²) in [5.41, 5.74) is 2.98. The highest BCUT2D eigenvalue weighted by molar-refractivity contribution is 5.92. The van der Waals surface area contributed by atoms with Crippen molar-refractivity contribution in [2.75, 3.05) is 13.6 Å². The molecule has 2 bridgehead atoms. The Balaban J connectivity index is 1.95. The molecule has 0 radical (unpaired) electrons. The normalized spacial score (nSPS) is 36.8. The van der Waals surface area contributed by atoms with Crippen LogP contribution in [0.15, 0.2) is 36.4 Å². The molecule has 0 N–H and O–H groups in total. The lowest BCUT2D eigenvalue weighted by Crippen LogP contribution is -2.59. The second-order valence-electron chi connectivity index (χ2n) is 6.34. The number of ketones is 1. The van der Waals surface area contributed by atoms with Gasteiger partial charge in [-0.1, -0.05) is 30.3 Å². The molecule has 0 unspecified atom stereocenters. The number of rotatable bonds is 0. The molecule has 0 spiro atoms. The molecule has 98 valence electrons. The fourth-order valence-corrected chi connectivity index (χ4v) is 4.55. The van der Waals surface area contributed by atoms with Crippen molar-refractivity contribution in [1.29, 1.82) is 0 Å². The van der Waals surface area contributed by atoms with Crippen LogP contribution >= 0.6 is 0 Å². The molecule has 0 saturated carbocycles. The molecule has 1 heterocycles. The average molecular weight is 253 g/mol. The largest absolute Gasteiger partial charge is 0.302 e. The minimum absolute atomic E-state index is 0.0812. The Labute approximate surface area is 114 Å². The Kier molecular flexibility index (Phi) is 2.28. The van der Waals surface area contributed by atoms with E-state index in [1.54, 1.807) is 0 Å². The first-order valence-corrected chi connectivity index (χ1v) is 7.20. The Morgan fingerprint density at radius 2 is 2.16 bits per heavy atom. The lowest BCUT2D eigenvalue weighted by molar-refractivity contribution is -0.118. The summed E-state index contributed by atoms with van der Waals surface area (Å²) in [6.07, 6.45) is 6.95. The van der Waals surface area contributed by atoms with Gasteiger partial charge in [-0.05, 0) is 43.6 Å². The van der Waals surface area contributed by atoms with Crippen molar-refractivity contribution >= 4 is 5.78 Å². The predicted octanol–water partition coefficient (Wildman–Crippen LogP) is 2.33. The maximum atomic E-state index is 12.0. The minimum atomic E-state index is 0.0812. The molecule has 1 aromatic carbocycles. The number of fused-ring (bicyclic) bond motifs is 1. The molecule has 3 aliphatic rings. The van der Waals surface area contributed by atoms with Gasteiger partial charge in [0.2, 0.25) is 0 Å². The van der Waals surface area contributed by atoms with E-state index in [1.807, 2.05) is 6.08 Å². The average Bonchev–Trinajstić information content (AvgIpc) is 2.42. The van der Waals surface area contributed by atoms with Crippen LogP contribution in [-0.2, 0) is 16.6 Å². The first kappa shape index (κ1) is 11.4. The molecule has 1 aliphatic heterocycles. The van der Waals surface area contributed by atoms with Gasteiger partial charge in [-0.25, -0.2) is 0 Å². The van der Waals surface area contributed by atoms with Gasteiger partial charge in [0.05, 0.1) is 0 Å². The van der Waals surface area contributed by atoms with Gasteiger partial charge >= 0.3 is 0 Å². The van der Waals surface area contributed by atoms with Gasteiger partial charge in [-0.2, -0.15) is 0 Å². The van der Waals surface area contributed by atoms with E-state index in [1.165, 1.54) is 11.1 Å². The highest BCUT2D eigenvalue weighted by Gasteiger charge is 2.53. The fourth-order valence-electron chi connectivity index (χ4n) is 4.55. The highest BCUT2D eigenvalue weighted by Crippen LogP contribution is 2.52. The second-order valence-corrected chi connectivity index (χ2v) is 6.34. The van der Waals surface area contributed by atoms with E-state index in [2.05, 4.69) is 42.3 Å². The molecule has 1 fully saturated rings. The molecule has 0 amide bonds. The summed E-state index contributed by atoms with van der Waals surface area (Å²) in [5, 5.41) is 0. The summed E-state index contributed by atoms with van der Waals surface area (Å²) in [5.74, 6) is 0.815. The molecule has 2 aliphatic carbocycles. The third kappa shape index (κ3) is 1.44. The molecular weight excluding hydrogens is 234 g/mol. The molecule has 0 aromatic heterocycles. The third-order valence-electron chi connectivity index (χ3n) is 5.49. The van der Waals surface area contributed by atoms with Gasteiger partial charge in [0.25, 0.3) is 0 Å². The summed E-state index contributed by atoms with van der Waals surface area (Å²) < 4.78 is 0. The summed E-state index contributed by atoms with van der Waals surface area (Å²) in [4.78, 5) is 14.5. The zero-order valence-electron chi connectivity index (χ0n) is 11.3. The van der Waals surface area contributed by atoms with E-state index in [0.29, 0.717) is 24.2 Å². The molecule has 4 rings (SSSR count). The zero-order valence-corrected chi connectivity index (χ0v) is 11.3. The van der Waals surface area contributed by atoms with Gasteiger partial charge in [-0.3, -0.25) is 4.79 Å². The monoisotopic (exact) mass is 253 g/mol. The summed E-state index contributed by atoms with van der Waals surface area (Å²) in [6.45, 7) is 1.11. The number of hydrogen-bond donors (Lipinski definition) is 0. The van der Waals surface area contributed by atoms with Crippen LogP contribution in [0.1, 0.15) is 24.0 Å². The van der Waals surface area contributed by atoms with Crippen LogP contribution in [0, 0.1) is 5.92 Å². The van der Waals surface area contributed by atoms with Crippen LogP contribution in [0.5, 0.6) is 0 Å².